The van der Waals surface area contributed by atoms with Crippen molar-refractivity contribution in [1.82, 2.24) is 9.88 Å². The topological polar surface area (TPSA) is 50.3 Å². The van der Waals surface area contributed by atoms with Crippen molar-refractivity contribution in [3.05, 3.63) is 28.2 Å². The molecule has 1 aliphatic heterocycles. The second-order valence-electron chi connectivity index (χ2n) is 6.79. The summed E-state index contributed by atoms with van der Waals surface area (Å²) in [5.74, 6) is -0.349. The summed E-state index contributed by atoms with van der Waals surface area (Å²) in [5, 5.41) is 2.86. The Bertz CT molecular complexity index is 586. The number of allylic oxidation sites excluding steroid dienone is 2. The summed E-state index contributed by atoms with van der Waals surface area (Å²) < 4.78 is 0. The molecule has 0 spiro atoms. The molecule has 2 amide bonds. The van der Waals surface area contributed by atoms with Crippen LogP contribution in [-0.4, -0.2) is 21.7 Å². The lowest BCUT2D eigenvalue weighted by Crippen LogP contribution is -2.30. The summed E-state index contributed by atoms with van der Waals surface area (Å²) in [5.41, 5.74) is 1.01. The molecule has 0 N–H and O–H groups in total. The Morgan fingerprint density at radius 1 is 1.19 bits per heavy atom. The van der Waals surface area contributed by atoms with Gasteiger partial charge in [-0.1, -0.05) is 32.9 Å². The van der Waals surface area contributed by atoms with Crippen LogP contribution in [0.5, 0.6) is 0 Å². The van der Waals surface area contributed by atoms with E-state index in [2.05, 4.69) is 25.8 Å². The van der Waals surface area contributed by atoms with E-state index >= 15 is 0 Å². The SMILES string of the molecule is CC(C)(C)c1csc(CN2C(=O)[C@@H]3CC=CC[C@H]3C2=O)n1. The molecular formula is C16H20N2O2S. The van der Waals surface area contributed by atoms with Gasteiger partial charge in [-0.3, -0.25) is 14.5 Å². The molecule has 21 heavy (non-hydrogen) atoms. The number of fused-ring (bicyclic) bond motifs is 1. The third-order valence-corrected chi connectivity index (χ3v) is 5.05. The van der Waals surface area contributed by atoms with E-state index in [4.69, 9.17) is 0 Å². The quantitative estimate of drug-likeness (QED) is 0.623. The van der Waals surface area contributed by atoms with Crippen LogP contribution in [-0.2, 0) is 21.5 Å². The highest BCUT2D eigenvalue weighted by Gasteiger charge is 2.47. The van der Waals surface area contributed by atoms with Gasteiger partial charge >= 0.3 is 0 Å². The molecule has 2 atom stereocenters. The molecule has 112 valence electrons. The van der Waals surface area contributed by atoms with E-state index < -0.39 is 0 Å². The number of carbonyl (C=O) groups is 2. The lowest BCUT2D eigenvalue weighted by molar-refractivity contribution is -0.140. The molecule has 1 aromatic rings. The summed E-state index contributed by atoms with van der Waals surface area (Å²) in [6, 6.07) is 0. The molecule has 0 unspecified atom stereocenters. The minimum absolute atomic E-state index is 0.00825. The van der Waals surface area contributed by atoms with Crippen molar-refractivity contribution in [2.75, 3.05) is 0 Å². The van der Waals surface area contributed by atoms with E-state index in [1.54, 1.807) is 0 Å². The zero-order valence-electron chi connectivity index (χ0n) is 12.6. The van der Waals surface area contributed by atoms with Crippen LogP contribution in [0.3, 0.4) is 0 Å². The molecule has 1 aliphatic carbocycles. The highest BCUT2D eigenvalue weighted by atomic mass is 32.1. The van der Waals surface area contributed by atoms with Crippen molar-refractivity contribution in [3.8, 4) is 0 Å². The number of hydrogen-bond donors (Lipinski definition) is 0. The highest BCUT2D eigenvalue weighted by molar-refractivity contribution is 7.09. The Kier molecular flexibility index (Phi) is 3.48. The van der Waals surface area contributed by atoms with Crippen LogP contribution in [0.4, 0.5) is 0 Å². The van der Waals surface area contributed by atoms with Gasteiger partial charge in [-0.15, -0.1) is 11.3 Å². The predicted octanol–water partition coefficient (Wildman–Crippen LogP) is 2.89. The maximum absolute atomic E-state index is 12.4. The Balaban J connectivity index is 1.78. The van der Waals surface area contributed by atoms with Crippen LogP contribution in [0.1, 0.15) is 44.3 Å². The number of likely N-dealkylation sites (tertiary alicyclic amines) is 1. The van der Waals surface area contributed by atoms with Crippen LogP contribution in [0.2, 0.25) is 0 Å². The van der Waals surface area contributed by atoms with E-state index in [0.717, 1.165) is 10.7 Å². The van der Waals surface area contributed by atoms with Gasteiger partial charge in [0.2, 0.25) is 11.8 Å². The van der Waals surface area contributed by atoms with Gasteiger partial charge in [0.1, 0.15) is 5.01 Å². The molecule has 1 aromatic heterocycles. The molecular weight excluding hydrogens is 284 g/mol. The lowest BCUT2D eigenvalue weighted by Gasteiger charge is -2.15. The molecule has 0 aromatic carbocycles. The Labute approximate surface area is 128 Å². The summed E-state index contributed by atoms with van der Waals surface area (Å²) in [6.07, 6.45) is 5.40. The van der Waals surface area contributed by atoms with E-state index in [9.17, 15) is 9.59 Å². The van der Waals surface area contributed by atoms with E-state index in [1.807, 2.05) is 17.5 Å². The number of aromatic nitrogens is 1. The van der Waals surface area contributed by atoms with Crippen molar-refractivity contribution in [2.45, 2.75) is 45.6 Å². The van der Waals surface area contributed by atoms with Crippen molar-refractivity contribution < 1.29 is 9.59 Å². The maximum atomic E-state index is 12.4. The summed E-state index contributed by atoms with van der Waals surface area (Å²) in [7, 11) is 0. The normalized spacial score (nSPS) is 25.6. The average molecular weight is 304 g/mol. The Hall–Kier alpha value is -1.49. The summed E-state index contributed by atoms with van der Waals surface area (Å²) >= 11 is 1.53. The monoisotopic (exact) mass is 304 g/mol. The van der Waals surface area contributed by atoms with Crippen molar-refractivity contribution in [3.63, 3.8) is 0 Å². The number of nitrogens with zero attached hydrogens (tertiary/aromatic N) is 2. The smallest absolute Gasteiger partial charge is 0.233 e. The minimum atomic E-state index is -0.149. The van der Waals surface area contributed by atoms with Crippen molar-refractivity contribution in [1.29, 1.82) is 0 Å². The molecule has 4 nitrogen and oxygen atoms in total. The fourth-order valence-corrected chi connectivity index (χ4v) is 3.90. The van der Waals surface area contributed by atoms with Gasteiger partial charge in [0, 0.05) is 10.8 Å². The predicted molar refractivity (Wildman–Crippen MR) is 81.7 cm³/mol. The number of amides is 2. The molecule has 3 rings (SSSR count). The fraction of sp³-hybridized carbons (Fsp3) is 0.562. The van der Waals surface area contributed by atoms with Crippen LogP contribution in [0, 0.1) is 11.8 Å². The van der Waals surface area contributed by atoms with Gasteiger partial charge in [-0.05, 0) is 12.8 Å². The molecule has 2 heterocycles. The van der Waals surface area contributed by atoms with Gasteiger partial charge in [-0.25, -0.2) is 4.98 Å². The summed E-state index contributed by atoms with van der Waals surface area (Å²) in [4.78, 5) is 30.8. The molecule has 0 radical (unpaired) electrons. The molecule has 2 aliphatic rings. The number of thiazole rings is 1. The third-order valence-electron chi connectivity index (χ3n) is 4.21. The van der Waals surface area contributed by atoms with Crippen LogP contribution in [0.15, 0.2) is 17.5 Å². The van der Waals surface area contributed by atoms with Gasteiger partial charge in [0.15, 0.2) is 0 Å². The van der Waals surface area contributed by atoms with E-state index in [1.165, 1.54) is 16.2 Å². The van der Waals surface area contributed by atoms with Gasteiger partial charge in [0.05, 0.1) is 24.1 Å². The molecule has 1 fully saturated rings. The van der Waals surface area contributed by atoms with Crippen molar-refractivity contribution in [2.24, 2.45) is 11.8 Å². The maximum Gasteiger partial charge on any atom is 0.233 e. The van der Waals surface area contributed by atoms with Gasteiger partial charge < -0.3 is 0 Å². The zero-order valence-corrected chi connectivity index (χ0v) is 13.4. The van der Waals surface area contributed by atoms with Crippen LogP contribution in [0.25, 0.3) is 0 Å². The minimum Gasteiger partial charge on any atom is -0.275 e. The number of carbonyl (C=O) groups excluding carboxylic acids is 2. The van der Waals surface area contributed by atoms with Crippen LogP contribution >= 0.6 is 11.3 Å². The number of hydrogen-bond acceptors (Lipinski definition) is 4. The first-order chi connectivity index (χ1) is 9.88. The van der Waals surface area contributed by atoms with E-state index in [-0.39, 0.29) is 29.1 Å². The lowest BCUT2D eigenvalue weighted by atomic mass is 9.85. The summed E-state index contributed by atoms with van der Waals surface area (Å²) in [6.45, 7) is 6.65. The number of rotatable bonds is 2. The van der Waals surface area contributed by atoms with Crippen molar-refractivity contribution >= 4 is 23.2 Å². The van der Waals surface area contributed by atoms with Gasteiger partial charge in [0.25, 0.3) is 0 Å². The Morgan fingerprint density at radius 3 is 2.24 bits per heavy atom. The largest absolute Gasteiger partial charge is 0.275 e. The average Bonchev–Trinajstić information content (AvgIpc) is 2.99. The molecule has 5 heteroatoms. The first-order valence-electron chi connectivity index (χ1n) is 7.33. The molecule has 0 saturated carbocycles. The fourth-order valence-electron chi connectivity index (χ4n) is 2.89. The standard InChI is InChI=1S/C16H20N2O2S/c1-16(2,3)12-9-21-13(17-12)8-18-14(19)10-6-4-5-7-11(10)15(18)20/h4-5,9-11H,6-8H2,1-3H3/t10-,11-/m1/s1. The third kappa shape index (κ3) is 2.55. The molecule has 1 saturated heterocycles. The second kappa shape index (κ2) is 5.05. The highest BCUT2D eigenvalue weighted by Crippen LogP contribution is 2.36. The first kappa shape index (κ1) is 14.4. The first-order valence-corrected chi connectivity index (χ1v) is 8.21. The second-order valence-corrected chi connectivity index (χ2v) is 7.74. The van der Waals surface area contributed by atoms with Crippen LogP contribution < -0.4 is 0 Å². The Morgan fingerprint density at radius 2 is 1.76 bits per heavy atom. The van der Waals surface area contributed by atoms with E-state index in [0.29, 0.717) is 19.4 Å². The zero-order chi connectivity index (χ0) is 15.2. The molecule has 0 bridgehead atoms. The number of imide groups is 1. The van der Waals surface area contributed by atoms with Gasteiger partial charge in [-0.2, -0.15) is 0 Å².